The lowest BCUT2D eigenvalue weighted by atomic mass is 9.95. The molecule has 2 unspecified atom stereocenters. The first-order chi connectivity index (χ1) is 12.2. The van der Waals surface area contributed by atoms with E-state index in [2.05, 4.69) is 32.9 Å². The van der Waals surface area contributed by atoms with E-state index in [4.69, 9.17) is 5.11 Å². The molecule has 2 N–H and O–H groups in total. The maximum Gasteiger partial charge on any atom is 0.207 e. The maximum absolute atomic E-state index is 10.6. The Balaban J connectivity index is 2.33. The molecule has 0 aliphatic carbocycles. The van der Waals surface area contributed by atoms with Crippen molar-refractivity contribution in [2.24, 2.45) is 5.41 Å². The van der Waals surface area contributed by atoms with Gasteiger partial charge in [0.05, 0.1) is 24.1 Å². The third-order valence-corrected chi connectivity index (χ3v) is 4.45. The summed E-state index contributed by atoms with van der Waals surface area (Å²) >= 11 is 0. The van der Waals surface area contributed by atoms with E-state index in [9.17, 15) is 10.4 Å². The van der Waals surface area contributed by atoms with E-state index in [-0.39, 0.29) is 17.9 Å². The molecule has 0 saturated carbocycles. The van der Waals surface area contributed by atoms with Gasteiger partial charge in [0.25, 0.3) is 0 Å². The Hall–Kier alpha value is -2.29. The highest BCUT2D eigenvalue weighted by Gasteiger charge is 2.34. The zero-order chi connectivity index (χ0) is 19.5. The predicted octanol–water partition coefficient (Wildman–Crippen LogP) is 3.37. The average molecular weight is 355 g/mol. The minimum atomic E-state index is -0.674. The molecule has 0 amide bonds. The second kappa shape index (κ2) is 7.94. The molecule has 0 bridgehead atoms. The zero-order valence-corrected chi connectivity index (χ0v) is 16.3. The molecule has 0 spiro atoms. The van der Waals surface area contributed by atoms with Crippen molar-refractivity contribution in [3.8, 4) is 6.07 Å². The Morgan fingerprint density at radius 3 is 2.62 bits per heavy atom. The van der Waals surface area contributed by atoms with Crippen molar-refractivity contribution < 1.29 is 10.2 Å². The minimum absolute atomic E-state index is 0.0421. The Morgan fingerprint density at radius 1 is 1.35 bits per heavy atom. The molecule has 0 saturated heterocycles. The van der Waals surface area contributed by atoms with Gasteiger partial charge in [-0.1, -0.05) is 45.9 Å². The topological polar surface area (TPSA) is 70.7 Å². The summed E-state index contributed by atoms with van der Waals surface area (Å²) in [7, 11) is 1.89. The molecular formula is C21H29N3O2. The molecule has 0 radical (unpaired) electrons. The molecule has 0 aromatic heterocycles. The highest BCUT2D eigenvalue weighted by Crippen LogP contribution is 2.41. The molecule has 0 fully saturated rings. The molecular weight excluding hydrogens is 326 g/mol. The van der Waals surface area contributed by atoms with Crippen LogP contribution in [0.2, 0.25) is 0 Å². The van der Waals surface area contributed by atoms with Crippen LogP contribution < -0.4 is 9.80 Å². The van der Waals surface area contributed by atoms with E-state index in [1.54, 1.807) is 12.2 Å². The van der Waals surface area contributed by atoms with E-state index < -0.39 is 6.35 Å². The van der Waals surface area contributed by atoms with Gasteiger partial charge in [-0.3, -0.25) is 0 Å². The molecule has 5 heteroatoms. The van der Waals surface area contributed by atoms with E-state index in [1.807, 2.05) is 42.0 Å². The fraction of sp³-hybridized carbons (Fsp3) is 0.476. The lowest BCUT2D eigenvalue weighted by Gasteiger charge is -2.31. The number of allylic oxidation sites excluding steroid dienone is 3. The van der Waals surface area contributed by atoms with Crippen LogP contribution in [0.5, 0.6) is 0 Å². The largest absolute Gasteiger partial charge is 0.392 e. The number of fused-ring (bicyclic) bond motifs is 1. The summed E-state index contributed by atoms with van der Waals surface area (Å²) in [6.07, 6.45) is 4.39. The quantitative estimate of drug-likeness (QED) is 0.626. The fourth-order valence-corrected chi connectivity index (χ4v) is 3.16. The van der Waals surface area contributed by atoms with E-state index in [0.717, 1.165) is 23.5 Å². The van der Waals surface area contributed by atoms with Gasteiger partial charge in [0.2, 0.25) is 6.35 Å². The highest BCUT2D eigenvalue weighted by atomic mass is 16.3. The van der Waals surface area contributed by atoms with Crippen molar-refractivity contribution in [2.45, 2.75) is 40.0 Å². The maximum atomic E-state index is 10.6. The lowest BCUT2D eigenvalue weighted by molar-refractivity contribution is 0.166. The van der Waals surface area contributed by atoms with Crippen LogP contribution in [0, 0.1) is 16.7 Å². The van der Waals surface area contributed by atoms with Crippen molar-refractivity contribution in [3.63, 3.8) is 0 Å². The summed E-state index contributed by atoms with van der Waals surface area (Å²) in [6.45, 7) is 9.17. The third-order valence-electron chi connectivity index (χ3n) is 4.45. The van der Waals surface area contributed by atoms with E-state index >= 15 is 0 Å². The van der Waals surface area contributed by atoms with Crippen LogP contribution in [0.4, 0.5) is 11.4 Å². The van der Waals surface area contributed by atoms with Crippen molar-refractivity contribution >= 4 is 11.4 Å². The minimum Gasteiger partial charge on any atom is -0.392 e. The number of nitrogens with zero attached hydrogens (tertiary/aromatic N) is 3. The average Bonchev–Trinajstić information content (AvgIpc) is 2.81. The van der Waals surface area contributed by atoms with E-state index in [1.165, 1.54) is 0 Å². The van der Waals surface area contributed by atoms with Gasteiger partial charge in [-0.05, 0) is 29.2 Å². The lowest BCUT2D eigenvalue weighted by Crippen LogP contribution is -2.44. The van der Waals surface area contributed by atoms with Gasteiger partial charge in [0.15, 0.2) is 0 Å². The second-order valence-electron chi connectivity index (χ2n) is 8.00. The van der Waals surface area contributed by atoms with Crippen molar-refractivity contribution in [1.82, 2.24) is 0 Å². The number of aliphatic hydroxyl groups excluding tert-OH is 2. The van der Waals surface area contributed by atoms with Gasteiger partial charge in [0.1, 0.15) is 0 Å². The SMILES string of the molecule is CC(/C=C(C#N)\C=C/CO)c1ccc2c(c1)N(C)C(O)N2CC(C)(C)C. The molecule has 1 aromatic rings. The van der Waals surface area contributed by atoms with Gasteiger partial charge < -0.3 is 20.0 Å². The van der Waals surface area contributed by atoms with Crippen LogP contribution in [-0.4, -0.2) is 36.8 Å². The predicted molar refractivity (Wildman–Crippen MR) is 106 cm³/mol. The first kappa shape index (κ1) is 20.0. The molecule has 1 aliphatic heterocycles. The number of hydrogen-bond donors (Lipinski definition) is 2. The Morgan fingerprint density at radius 2 is 2.04 bits per heavy atom. The molecule has 5 nitrogen and oxygen atoms in total. The van der Waals surface area contributed by atoms with Gasteiger partial charge in [-0.15, -0.1) is 0 Å². The first-order valence-corrected chi connectivity index (χ1v) is 8.88. The van der Waals surface area contributed by atoms with Crippen LogP contribution in [0.15, 0.2) is 42.0 Å². The summed E-state index contributed by atoms with van der Waals surface area (Å²) in [4.78, 5) is 3.89. The highest BCUT2D eigenvalue weighted by molar-refractivity contribution is 5.77. The number of hydrogen-bond acceptors (Lipinski definition) is 5. The summed E-state index contributed by atoms with van der Waals surface area (Å²) in [6, 6.07) is 8.31. The zero-order valence-electron chi connectivity index (χ0n) is 16.3. The van der Waals surface area contributed by atoms with Crippen molar-refractivity contribution in [1.29, 1.82) is 5.26 Å². The Kier molecular flexibility index (Phi) is 6.12. The second-order valence-corrected chi connectivity index (χ2v) is 8.00. The fourth-order valence-electron chi connectivity index (χ4n) is 3.16. The van der Waals surface area contributed by atoms with Crippen LogP contribution in [0.1, 0.15) is 39.2 Å². The van der Waals surface area contributed by atoms with Crippen LogP contribution in [-0.2, 0) is 0 Å². The first-order valence-electron chi connectivity index (χ1n) is 8.88. The van der Waals surface area contributed by atoms with Gasteiger partial charge in [-0.2, -0.15) is 5.26 Å². The molecule has 2 rings (SSSR count). The Bertz CT molecular complexity index is 741. The van der Waals surface area contributed by atoms with Crippen LogP contribution >= 0.6 is 0 Å². The molecule has 140 valence electrons. The van der Waals surface area contributed by atoms with Crippen LogP contribution in [0.25, 0.3) is 0 Å². The van der Waals surface area contributed by atoms with E-state index in [0.29, 0.717) is 5.57 Å². The molecule has 26 heavy (non-hydrogen) atoms. The number of anilines is 2. The molecule has 1 heterocycles. The summed E-state index contributed by atoms with van der Waals surface area (Å²) in [5.41, 5.74) is 3.68. The normalized spacial score (nSPS) is 19.0. The van der Waals surface area contributed by atoms with Gasteiger partial charge in [-0.25, -0.2) is 0 Å². The number of benzene rings is 1. The van der Waals surface area contributed by atoms with Crippen molar-refractivity contribution in [2.75, 3.05) is 30.0 Å². The third kappa shape index (κ3) is 4.46. The van der Waals surface area contributed by atoms with Crippen LogP contribution in [0.3, 0.4) is 0 Å². The monoisotopic (exact) mass is 355 g/mol. The number of aliphatic hydroxyl groups is 2. The van der Waals surface area contributed by atoms with Crippen molar-refractivity contribution in [3.05, 3.63) is 47.6 Å². The summed E-state index contributed by atoms with van der Waals surface area (Å²) < 4.78 is 0. The van der Waals surface area contributed by atoms with Gasteiger partial charge >= 0.3 is 0 Å². The van der Waals surface area contributed by atoms with Gasteiger partial charge in [0, 0.05) is 25.1 Å². The molecule has 1 aliphatic rings. The smallest absolute Gasteiger partial charge is 0.207 e. The number of rotatable bonds is 5. The number of nitriles is 1. The summed E-state index contributed by atoms with van der Waals surface area (Å²) in [5.74, 6) is 0.0421. The molecule has 2 atom stereocenters. The molecule has 1 aromatic carbocycles. The Labute approximate surface area is 156 Å². The summed E-state index contributed by atoms with van der Waals surface area (Å²) in [5, 5.41) is 28.7. The standard InChI is InChI=1S/C21H29N3O2/c1-15(11-16(13-22)7-6-10-25)17-8-9-18-19(12-17)23(5)20(26)24(18)14-21(2,3)4/h6-9,11-12,15,20,25-26H,10,14H2,1-5H3/b7-6-,16-11+.